The van der Waals surface area contributed by atoms with Crippen LogP contribution < -0.4 is 20.1 Å². The van der Waals surface area contributed by atoms with Crippen LogP contribution in [0, 0.1) is 0 Å². The zero-order valence-electron chi connectivity index (χ0n) is 24.9. The van der Waals surface area contributed by atoms with Gasteiger partial charge in [-0.15, -0.1) is 0 Å². The van der Waals surface area contributed by atoms with Crippen LogP contribution in [-0.2, 0) is 30.3 Å². The molecule has 1 aromatic heterocycles. The number of nitrogen functional groups attached to an aromatic ring is 1. The van der Waals surface area contributed by atoms with Crippen molar-refractivity contribution in [3.8, 4) is 22.9 Å². The lowest BCUT2D eigenvalue weighted by Gasteiger charge is -2.26. The van der Waals surface area contributed by atoms with Crippen LogP contribution in [0.3, 0.4) is 0 Å². The Hall–Kier alpha value is -3.52. The molecular formula is C31H41N5O7. The molecule has 5 rings (SSSR count). The lowest BCUT2D eigenvalue weighted by Crippen LogP contribution is -2.38. The van der Waals surface area contributed by atoms with Gasteiger partial charge in [-0.2, -0.15) is 4.98 Å². The molecule has 2 fully saturated rings. The number of nitrogens with zero attached hydrogens (tertiary/aromatic N) is 4. The van der Waals surface area contributed by atoms with Crippen LogP contribution in [0.5, 0.6) is 11.6 Å². The molecule has 12 nitrogen and oxygen atoms in total. The van der Waals surface area contributed by atoms with E-state index in [0.29, 0.717) is 43.6 Å². The second-order valence-electron chi connectivity index (χ2n) is 10.3. The molecule has 2 saturated heterocycles. The molecule has 0 unspecified atom stereocenters. The SMILES string of the molecule is COCO[C@H]1CN(c2ccc(OCc3ccccc3)c(-c3cc(OCCN4CCOCC4)nc(N)n3)c2)C[C@@H]1OCOC. The number of benzene rings is 2. The maximum Gasteiger partial charge on any atom is 0.223 e. The fraction of sp³-hybridized carbons (Fsp3) is 0.484. The highest BCUT2D eigenvalue weighted by molar-refractivity contribution is 5.73. The molecule has 232 valence electrons. The van der Waals surface area contributed by atoms with Gasteiger partial charge >= 0.3 is 0 Å². The number of hydrogen-bond donors (Lipinski definition) is 1. The van der Waals surface area contributed by atoms with Gasteiger partial charge < -0.3 is 43.8 Å². The molecular weight excluding hydrogens is 554 g/mol. The number of aromatic nitrogens is 2. The molecule has 2 aliphatic rings. The van der Waals surface area contributed by atoms with Crippen LogP contribution in [0.25, 0.3) is 11.3 Å². The third-order valence-electron chi connectivity index (χ3n) is 7.34. The molecule has 0 radical (unpaired) electrons. The topological polar surface area (TPSA) is 123 Å². The second kappa shape index (κ2) is 15.8. The fourth-order valence-electron chi connectivity index (χ4n) is 5.12. The van der Waals surface area contributed by atoms with Gasteiger partial charge in [-0.1, -0.05) is 30.3 Å². The average Bonchev–Trinajstić information content (AvgIpc) is 3.45. The number of rotatable bonds is 15. The fourth-order valence-corrected chi connectivity index (χ4v) is 5.12. The van der Waals surface area contributed by atoms with Crippen LogP contribution >= 0.6 is 0 Å². The average molecular weight is 596 g/mol. The van der Waals surface area contributed by atoms with Crippen molar-refractivity contribution in [3.05, 3.63) is 60.2 Å². The number of ether oxygens (including phenoxy) is 7. The van der Waals surface area contributed by atoms with Crippen LogP contribution in [0.2, 0.25) is 0 Å². The monoisotopic (exact) mass is 595 g/mol. The number of morpholine rings is 1. The number of methoxy groups -OCH3 is 2. The number of hydrogen-bond acceptors (Lipinski definition) is 12. The Kier molecular flexibility index (Phi) is 11.4. The minimum absolute atomic E-state index is 0.125. The first-order valence-electron chi connectivity index (χ1n) is 14.5. The number of nitrogens with two attached hydrogens (primary N) is 1. The van der Waals surface area contributed by atoms with E-state index in [-0.39, 0.29) is 31.7 Å². The highest BCUT2D eigenvalue weighted by Gasteiger charge is 2.35. The predicted octanol–water partition coefficient (Wildman–Crippen LogP) is 2.81. The first-order valence-corrected chi connectivity index (χ1v) is 14.5. The zero-order chi connectivity index (χ0) is 29.9. The van der Waals surface area contributed by atoms with Crippen molar-refractivity contribution in [2.75, 3.05) is 91.0 Å². The largest absolute Gasteiger partial charge is 0.488 e. The summed E-state index contributed by atoms with van der Waals surface area (Å²) >= 11 is 0. The van der Waals surface area contributed by atoms with Gasteiger partial charge in [-0.3, -0.25) is 4.90 Å². The highest BCUT2D eigenvalue weighted by Crippen LogP contribution is 2.36. The molecule has 0 aliphatic carbocycles. The van der Waals surface area contributed by atoms with Gasteiger partial charge in [0.2, 0.25) is 11.8 Å². The smallest absolute Gasteiger partial charge is 0.223 e. The molecule has 12 heteroatoms. The van der Waals surface area contributed by atoms with Crippen molar-refractivity contribution >= 4 is 11.6 Å². The summed E-state index contributed by atoms with van der Waals surface area (Å²) in [4.78, 5) is 13.4. The van der Waals surface area contributed by atoms with Crippen molar-refractivity contribution < 1.29 is 33.2 Å². The van der Waals surface area contributed by atoms with E-state index in [0.717, 1.165) is 49.7 Å². The van der Waals surface area contributed by atoms with E-state index in [2.05, 4.69) is 19.8 Å². The third-order valence-corrected chi connectivity index (χ3v) is 7.34. The van der Waals surface area contributed by atoms with Crippen molar-refractivity contribution in [1.29, 1.82) is 0 Å². The zero-order valence-corrected chi connectivity index (χ0v) is 24.9. The highest BCUT2D eigenvalue weighted by atomic mass is 16.7. The van der Waals surface area contributed by atoms with Gasteiger partial charge in [0.25, 0.3) is 0 Å². The quantitative estimate of drug-likeness (QED) is 0.260. The van der Waals surface area contributed by atoms with Gasteiger partial charge in [0, 0.05) is 64.3 Å². The summed E-state index contributed by atoms with van der Waals surface area (Å²) in [6, 6.07) is 17.9. The van der Waals surface area contributed by atoms with Gasteiger partial charge in [0.05, 0.1) is 18.9 Å². The maximum absolute atomic E-state index is 6.32. The summed E-state index contributed by atoms with van der Waals surface area (Å²) in [6.45, 7) is 6.50. The van der Waals surface area contributed by atoms with Crippen molar-refractivity contribution in [2.24, 2.45) is 0 Å². The predicted molar refractivity (Wildman–Crippen MR) is 161 cm³/mol. The summed E-state index contributed by atoms with van der Waals surface area (Å²) in [5.41, 5.74) is 9.58. The molecule has 2 N–H and O–H groups in total. The molecule has 3 heterocycles. The molecule has 43 heavy (non-hydrogen) atoms. The Labute approximate surface area is 252 Å². The first-order chi connectivity index (χ1) is 21.1. The van der Waals surface area contributed by atoms with E-state index in [4.69, 9.17) is 38.9 Å². The summed E-state index contributed by atoms with van der Waals surface area (Å²) in [6.07, 6.45) is -0.373. The molecule has 2 atom stereocenters. The molecule has 2 aromatic carbocycles. The summed E-state index contributed by atoms with van der Waals surface area (Å²) in [5, 5.41) is 0. The Balaban J connectivity index is 1.39. The standard InChI is InChI=1S/C31H41N5O7/c1-37-21-42-28-18-36(19-29(28)43-22-38-2)24-8-9-27(41-20-23-6-4-3-5-7-23)25(16-24)26-17-30(34-31(32)33-26)40-15-12-35-10-13-39-14-11-35/h3-9,16-17,28-29H,10-15,18-22H2,1-2H3,(H2,32,33,34)/t28-,29-/m0/s1. The lowest BCUT2D eigenvalue weighted by atomic mass is 10.1. The minimum atomic E-state index is -0.186. The van der Waals surface area contributed by atoms with E-state index >= 15 is 0 Å². The Morgan fingerprint density at radius 1 is 0.884 bits per heavy atom. The normalized spacial score (nSPS) is 19.1. The minimum Gasteiger partial charge on any atom is -0.488 e. The van der Waals surface area contributed by atoms with Gasteiger partial charge in [-0.25, -0.2) is 4.98 Å². The Morgan fingerprint density at radius 2 is 1.60 bits per heavy atom. The summed E-state index contributed by atoms with van der Waals surface area (Å²) < 4.78 is 39.9. The maximum atomic E-state index is 6.32. The van der Waals surface area contributed by atoms with Crippen LogP contribution in [0.4, 0.5) is 11.6 Å². The van der Waals surface area contributed by atoms with Gasteiger partial charge in [0.15, 0.2) is 0 Å². The second-order valence-corrected chi connectivity index (χ2v) is 10.3. The summed E-state index contributed by atoms with van der Waals surface area (Å²) in [5.74, 6) is 1.21. The van der Waals surface area contributed by atoms with Crippen molar-refractivity contribution in [1.82, 2.24) is 14.9 Å². The van der Waals surface area contributed by atoms with Crippen molar-refractivity contribution in [2.45, 2.75) is 18.8 Å². The molecule has 3 aromatic rings. The van der Waals surface area contributed by atoms with E-state index in [9.17, 15) is 0 Å². The Bertz CT molecular complexity index is 1260. The third kappa shape index (κ3) is 8.75. The lowest BCUT2D eigenvalue weighted by molar-refractivity contribution is -0.139. The number of anilines is 2. The summed E-state index contributed by atoms with van der Waals surface area (Å²) in [7, 11) is 3.21. The van der Waals surface area contributed by atoms with Crippen LogP contribution in [-0.4, -0.2) is 107 Å². The van der Waals surface area contributed by atoms with E-state index < -0.39 is 0 Å². The van der Waals surface area contributed by atoms with Crippen LogP contribution in [0.15, 0.2) is 54.6 Å². The van der Waals surface area contributed by atoms with Crippen LogP contribution in [0.1, 0.15) is 5.56 Å². The first kappa shape index (κ1) is 30.9. The van der Waals surface area contributed by atoms with E-state index in [1.165, 1.54) is 0 Å². The van der Waals surface area contributed by atoms with Gasteiger partial charge in [0.1, 0.15) is 44.8 Å². The molecule has 0 bridgehead atoms. The van der Waals surface area contributed by atoms with Gasteiger partial charge in [-0.05, 0) is 23.8 Å². The molecule has 0 spiro atoms. The molecule has 2 aliphatic heterocycles. The van der Waals surface area contributed by atoms with Crippen molar-refractivity contribution in [3.63, 3.8) is 0 Å². The molecule has 0 amide bonds. The molecule has 0 saturated carbocycles. The van der Waals surface area contributed by atoms with E-state index in [1.54, 1.807) is 14.2 Å². The van der Waals surface area contributed by atoms with E-state index in [1.807, 2.05) is 54.6 Å². The Morgan fingerprint density at radius 3 is 2.30 bits per heavy atom.